The lowest BCUT2D eigenvalue weighted by Gasteiger charge is -2.41. The van der Waals surface area contributed by atoms with E-state index in [1.165, 1.54) is 32.1 Å². The van der Waals surface area contributed by atoms with Crippen LogP contribution in [0.5, 0.6) is 0 Å². The number of aliphatic imine (C=N–C) groups is 1. The average Bonchev–Trinajstić information content (AvgIpc) is 2.69. The van der Waals surface area contributed by atoms with Crippen molar-refractivity contribution in [3.8, 4) is 0 Å². The largest absolute Gasteiger partial charge is 0.379 e. The molecule has 0 spiro atoms. The SMILES string of the molecule is CN=C(NCCNC(=O)CC1CCCCC1)NCC(C)(C)N1CCOCC1.I. The lowest BCUT2D eigenvalue weighted by atomic mass is 9.87. The van der Waals surface area contributed by atoms with Gasteiger partial charge >= 0.3 is 0 Å². The van der Waals surface area contributed by atoms with E-state index < -0.39 is 0 Å². The maximum atomic E-state index is 12.1. The molecule has 1 heterocycles. The Bertz CT molecular complexity index is 475. The topological polar surface area (TPSA) is 78.0 Å². The van der Waals surface area contributed by atoms with Crippen LogP contribution in [0.3, 0.4) is 0 Å². The van der Waals surface area contributed by atoms with Crippen LogP contribution in [-0.4, -0.2) is 75.3 Å². The molecule has 8 heteroatoms. The van der Waals surface area contributed by atoms with Gasteiger partial charge in [-0.2, -0.15) is 0 Å². The fourth-order valence-corrected chi connectivity index (χ4v) is 3.91. The first-order valence-electron chi connectivity index (χ1n) is 10.6. The summed E-state index contributed by atoms with van der Waals surface area (Å²) in [6.07, 6.45) is 6.99. The Balaban J connectivity index is 0.00000392. The third kappa shape index (κ3) is 9.26. The van der Waals surface area contributed by atoms with Crippen LogP contribution in [0.1, 0.15) is 52.4 Å². The van der Waals surface area contributed by atoms with Crippen molar-refractivity contribution in [3.63, 3.8) is 0 Å². The van der Waals surface area contributed by atoms with Crippen molar-refractivity contribution in [1.82, 2.24) is 20.9 Å². The molecule has 1 saturated carbocycles. The van der Waals surface area contributed by atoms with Gasteiger partial charge in [-0.05, 0) is 32.6 Å². The maximum Gasteiger partial charge on any atom is 0.220 e. The fraction of sp³-hybridized carbons (Fsp3) is 0.900. The number of rotatable bonds is 8. The second kappa shape index (κ2) is 13.6. The number of hydrogen-bond acceptors (Lipinski definition) is 4. The van der Waals surface area contributed by atoms with Crippen LogP contribution in [0.15, 0.2) is 4.99 Å². The highest BCUT2D eigenvalue weighted by molar-refractivity contribution is 14.0. The molecule has 1 aliphatic heterocycles. The molecule has 28 heavy (non-hydrogen) atoms. The van der Waals surface area contributed by atoms with Crippen molar-refractivity contribution in [2.45, 2.75) is 57.9 Å². The van der Waals surface area contributed by atoms with Gasteiger partial charge in [0.2, 0.25) is 5.91 Å². The van der Waals surface area contributed by atoms with E-state index in [2.05, 4.69) is 39.7 Å². The van der Waals surface area contributed by atoms with Gasteiger partial charge in [-0.3, -0.25) is 14.7 Å². The van der Waals surface area contributed by atoms with Crippen LogP contribution in [0.25, 0.3) is 0 Å². The third-order valence-corrected chi connectivity index (χ3v) is 5.72. The van der Waals surface area contributed by atoms with E-state index in [4.69, 9.17) is 4.74 Å². The fourth-order valence-electron chi connectivity index (χ4n) is 3.91. The van der Waals surface area contributed by atoms with Gasteiger partial charge in [-0.1, -0.05) is 19.3 Å². The number of ether oxygens (including phenoxy) is 1. The number of amides is 1. The number of nitrogens with zero attached hydrogens (tertiary/aromatic N) is 2. The van der Waals surface area contributed by atoms with Gasteiger partial charge in [-0.15, -0.1) is 24.0 Å². The Morgan fingerprint density at radius 3 is 2.36 bits per heavy atom. The van der Waals surface area contributed by atoms with Gasteiger partial charge in [0.15, 0.2) is 5.96 Å². The van der Waals surface area contributed by atoms with Crippen LogP contribution >= 0.6 is 24.0 Å². The minimum atomic E-state index is 0. The summed E-state index contributed by atoms with van der Waals surface area (Å²) in [4.78, 5) is 18.8. The molecule has 0 atom stereocenters. The van der Waals surface area contributed by atoms with Crippen LogP contribution in [0.2, 0.25) is 0 Å². The monoisotopic (exact) mass is 509 g/mol. The Hall–Kier alpha value is -0.610. The first-order chi connectivity index (χ1) is 13.0. The van der Waals surface area contributed by atoms with Crippen LogP contribution < -0.4 is 16.0 Å². The second-order valence-electron chi connectivity index (χ2n) is 8.32. The molecule has 0 bridgehead atoms. The molecule has 3 N–H and O–H groups in total. The molecule has 1 amide bonds. The average molecular weight is 509 g/mol. The number of hydrogen-bond donors (Lipinski definition) is 3. The van der Waals surface area contributed by atoms with Crippen molar-refractivity contribution >= 4 is 35.8 Å². The first-order valence-corrected chi connectivity index (χ1v) is 10.6. The predicted octanol–water partition coefficient (Wildman–Crippen LogP) is 1.97. The Labute approximate surface area is 187 Å². The van der Waals surface area contributed by atoms with Gasteiger partial charge < -0.3 is 20.7 Å². The molecule has 7 nitrogen and oxygen atoms in total. The molecular formula is C20H40IN5O2. The summed E-state index contributed by atoms with van der Waals surface area (Å²) < 4.78 is 5.44. The van der Waals surface area contributed by atoms with E-state index in [0.29, 0.717) is 25.4 Å². The van der Waals surface area contributed by atoms with Gasteiger partial charge in [0, 0.05) is 51.7 Å². The Kier molecular flexibility index (Phi) is 12.3. The lowest BCUT2D eigenvalue weighted by Crippen LogP contribution is -2.56. The van der Waals surface area contributed by atoms with E-state index in [1.54, 1.807) is 7.05 Å². The maximum absolute atomic E-state index is 12.1. The van der Waals surface area contributed by atoms with Gasteiger partial charge in [0.05, 0.1) is 13.2 Å². The zero-order chi connectivity index (χ0) is 19.5. The Morgan fingerprint density at radius 2 is 1.71 bits per heavy atom. The number of carbonyl (C=O) groups excluding carboxylic acids is 1. The quantitative estimate of drug-likeness (QED) is 0.202. The van der Waals surface area contributed by atoms with Crippen molar-refractivity contribution < 1.29 is 9.53 Å². The lowest BCUT2D eigenvalue weighted by molar-refractivity contribution is -0.122. The highest BCUT2D eigenvalue weighted by Crippen LogP contribution is 2.25. The summed E-state index contributed by atoms with van der Waals surface area (Å²) in [5, 5.41) is 9.72. The molecule has 0 aromatic carbocycles. The minimum Gasteiger partial charge on any atom is -0.379 e. The number of guanidine groups is 1. The van der Waals surface area contributed by atoms with E-state index in [-0.39, 0.29) is 35.4 Å². The van der Waals surface area contributed by atoms with Crippen molar-refractivity contribution in [2.75, 3.05) is 53.0 Å². The van der Waals surface area contributed by atoms with Crippen LogP contribution in [0.4, 0.5) is 0 Å². The molecule has 2 fully saturated rings. The highest BCUT2D eigenvalue weighted by Gasteiger charge is 2.28. The van der Waals surface area contributed by atoms with Crippen molar-refractivity contribution in [3.05, 3.63) is 0 Å². The highest BCUT2D eigenvalue weighted by atomic mass is 127. The van der Waals surface area contributed by atoms with Gasteiger partial charge in [-0.25, -0.2) is 0 Å². The number of carbonyl (C=O) groups is 1. The molecule has 2 aliphatic rings. The second-order valence-corrected chi connectivity index (χ2v) is 8.32. The molecular weight excluding hydrogens is 469 g/mol. The molecule has 0 aromatic heterocycles. The molecule has 1 aliphatic carbocycles. The molecule has 0 radical (unpaired) electrons. The van der Waals surface area contributed by atoms with E-state index in [0.717, 1.165) is 38.8 Å². The summed E-state index contributed by atoms with van der Waals surface area (Å²) in [6.45, 7) is 10.1. The summed E-state index contributed by atoms with van der Waals surface area (Å²) in [5.74, 6) is 1.54. The number of morpholine rings is 1. The van der Waals surface area contributed by atoms with Gasteiger partial charge in [0.1, 0.15) is 0 Å². The Morgan fingerprint density at radius 1 is 1.07 bits per heavy atom. The number of nitrogens with one attached hydrogen (secondary N) is 3. The molecule has 0 aromatic rings. The van der Waals surface area contributed by atoms with Crippen molar-refractivity contribution in [2.24, 2.45) is 10.9 Å². The van der Waals surface area contributed by atoms with Crippen LogP contribution in [0, 0.1) is 5.92 Å². The zero-order valence-electron chi connectivity index (χ0n) is 17.9. The molecule has 0 unspecified atom stereocenters. The molecule has 164 valence electrons. The standard InChI is InChI=1S/C20H39N5O2.HI/c1-20(2,25-11-13-27-14-12-25)16-24-19(21-3)23-10-9-22-18(26)15-17-7-5-4-6-8-17;/h17H,4-16H2,1-3H3,(H,22,26)(H2,21,23,24);1H. The molecule has 2 rings (SSSR count). The van der Waals surface area contributed by atoms with Gasteiger partial charge in [0.25, 0.3) is 0 Å². The minimum absolute atomic E-state index is 0. The summed E-state index contributed by atoms with van der Waals surface area (Å²) in [7, 11) is 1.78. The predicted molar refractivity (Wildman–Crippen MR) is 125 cm³/mol. The van der Waals surface area contributed by atoms with Crippen molar-refractivity contribution in [1.29, 1.82) is 0 Å². The van der Waals surface area contributed by atoms with Crippen LogP contribution in [-0.2, 0) is 9.53 Å². The normalized spacial score (nSPS) is 19.6. The summed E-state index contributed by atoms with van der Waals surface area (Å²) in [5.41, 5.74) is 0.0373. The third-order valence-electron chi connectivity index (χ3n) is 5.72. The van der Waals surface area contributed by atoms with E-state index in [9.17, 15) is 4.79 Å². The van der Waals surface area contributed by atoms with E-state index >= 15 is 0 Å². The smallest absolute Gasteiger partial charge is 0.220 e. The summed E-state index contributed by atoms with van der Waals surface area (Å²) in [6, 6.07) is 0. The number of halogens is 1. The molecule has 1 saturated heterocycles. The van der Waals surface area contributed by atoms with E-state index in [1.807, 2.05) is 0 Å². The summed E-state index contributed by atoms with van der Waals surface area (Å²) >= 11 is 0. The first kappa shape index (κ1) is 25.4. The zero-order valence-corrected chi connectivity index (χ0v) is 20.2.